The Morgan fingerprint density at radius 2 is 2.00 bits per heavy atom. The number of nitrogens with one attached hydrogen (secondary N) is 1. The smallest absolute Gasteiger partial charge is 0.326 e. The van der Waals surface area contributed by atoms with Crippen LogP contribution in [0, 0.1) is 5.92 Å². The molecule has 1 N–H and O–H groups in total. The zero-order chi connectivity index (χ0) is 11.6. The predicted octanol–water partition coefficient (Wildman–Crippen LogP) is 0.158. The maximum Gasteiger partial charge on any atom is 0.326 e. The Balaban J connectivity index is 2.97. The highest BCUT2D eigenvalue weighted by Gasteiger charge is 2.39. The SMILES string of the molecule is CCOC(=O)C1C(=O)NC(C)=C(C)C1=O. The molecule has 0 radical (unpaired) electrons. The summed E-state index contributed by atoms with van der Waals surface area (Å²) >= 11 is 0. The van der Waals surface area contributed by atoms with Crippen molar-refractivity contribution in [2.75, 3.05) is 6.61 Å². The van der Waals surface area contributed by atoms with Crippen molar-refractivity contribution < 1.29 is 19.1 Å². The summed E-state index contributed by atoms with van der Waals surface area (Å²) in [4.78, 5) is 34.4. The molecule has 0 aromatic rings. The first kappa shape index (κ1) is 11.4. The van der Waals surface area contributed by atoms with E-state index in [0.29, 0.717) is 11.3 Å². The third kappa shape index (κ3) is 2.06. The molecule has 1 aliphatic rings. The number of ketones is 1. The number of Topliss-reactive ketones (excluding diaryl/α,β-unsaturated/α-hetero) is 1. The molecule has 0 aliphatic carbocycles. The van der Waals surface area contributed by atoms with E-state index >= 15 is 0 Å². The van der Waals surface area contributed by atoms with Gasteiger partial charge in [-0.15, -0.1) is 0 Å². The van der Waals surface area contributed by atoms with Gasteiger partial charge in [0.05, 0.1) is 6.61 Å². The van der Waals surface area contributed by atoms with E-state index in [0.717, 1.165) is 0 Å². The van der Waals surface area contributed by atoms with Gasteiger partial charge in [-0.1, -0.05) is 0 Å². The second-order valence-corrected chi connectivity index (χ2v) is 3.29. The first-order chi connectivity index (χ1) is 6.99. The summed E-state index contributed by atoms with van der Waals surface area (Å²) < 4.78 is 4.66. The van der Waals surface area contributed by atoms with Crippen LogP contribution in [0.15, 0.2) is 11.3 Å². The van der Waals surface area contributed by atoms with Crippen LogP contribution >= 0.6 is 0 Å². The van der Waals surface area contributed by atoms with Crippen molar-refractivity contribution in [2.24, 2.45) is 5.92 Å². The van der Waals surface area contributed by atoms with E-state index < -0.39 is 23.6 Å². The van der Waals surface area contributed by atoms with Gasteiger partial charge in [0.2, 0.25) is 5.91 Å². The maximum atomic E-state index is 11.6. The molecule has 0 saturated carbocycles. The summed E-state index contributed by atoms with van der Waals surface area (Å²) in [6.45, 7) is 4.96. The molecule has 0 fully saturated rings. The molecule has 0 aromatic heterocycles. The van der Waals surface area contributed by atoms with Gasteiger partial charge in [-0.05, 0) is 20.8 Å². The normalized spacial score (nSPS) is 21.4. The molecule has 15 heavy (non-hydrogen) atoms. The fraction of sp³-hybridized carbons (Fsp3) is 0.500. The molecule has 0 saturated heterocycles. The van der Waals surface area contributed by atoms with E-state index in [1.165, 1.54) is 0 Å². The highest BCUT2D eigenvalue weighted by Crippen LogP contribution is 2.17. The lowest BCUT2D eigenvalue weighted by Crippen LogP contribution is -2.45. The molecular weight excluding hydrogens is 198 g/mol. The second-order valence-electron chi connectivity index (χ2n) is 3.29. The molecule has 1 atom stereocenters. The van der Waals surface area contributed by atoms with E-state index in [2.05, 4.69) is 10.1 Å². The number of amides is 1. The van der Waals surface area contributed by atoms with Crippen LogP contribution in [0.2, 0.25) is 0 Å². The molecule has 82 valence electrons. The summed E-state index contributed by atoms with van der Waals surface area (Å²) in [5, 5.41) is 2.47. The van der Waals surface area contributed by atoms with Gasteiger partial charge >= 0.3 is 5.97 Å². The van der Waals surface area contributed by atoms with Gasteiger partial charge in [0.25, 0.3) is 0 Å². The van der Waals surface area contributed by atoms with Crippen LogP contribution in [0.1, 0.15) is 20.8 Å². The average Bonchev–Trinajstić information content (AvgIpc) is 2.15. The molecule has 0 aromatic carbocycles. The van der Waals surface area contributed by atoms with Crippen LogP contribution in [-0.2, 0) is 19.1 Å². The predicted molar refractivity (Wildman–Crippen MR) is 51.6 cm³/mol. The molecule has 1 aliphatic heterocycles. The molecule has 1 heterocycles. The number of carbonyl (C=O) groups excluding carboxylic acids is 3. The number of esters is 1. The van der Waals surface area contributed by atoms with Crippen molar-refractivity contribution in [3.05, 3.63) is 11.3 Å². The third-order valence-electron chi connectivity index (χ3n) is 2.29. The summed E-state index contributed by atoms with van der Waals surface area (Å²) in [7, 11) is 0. The first-order valence-electron chi connectivity index (χ1n) is 4.68. The van der Waals surface area contributed by atoms with Gasteiger partial charge in [0.15, 0.2) is 11.7 Å². The Morgan fingerprint density at radius 3 is 2.53 bits per heavy atom. The Hall–Kier alpha value is -1.65. The summed E-state index contributed by atoms with van der Waals surface area (Å²) in [5.74, 6) is -3.21. The molecule has 5 nitrogen and oxygen atoms in total. The molecule has 1 rings (SSSR count). The number of hydrogen-bond acceptors (Lipinski definition) is 4. The minimum Gasteiger partial charge on any atom is -0.465 e. The summed E-state index contributed by atoms with van der Waals surface area (Å²) in [5.41, 5.74) is 0.887. The van der Waals surface area contributed by atoms with Crippen molar-refractivity contribution in [1.29, 1.82) is 0 Å². The van der Waals surface area contributed by atoms with Gasteiger partial charge < -0.3 is 10.1 Å². The monoisotopic (exact) mass is 211 g/mol. The molecule has 1 unspecified atom stereocenters. The zero-order valence-electron chi connectivity index (χ0n) is 8.92. The van der Waals surface area contributed by atoms with Crippen LogP contribution in [0.5, 0.6) is 0 Å². The maximum absolute atomic E-state index is 11.6. The Labute approximate surface area is 87.5 Å². The van der Waals surface area contributed by atoms with Crippen LogP contribution in [0.4, 0.5) is 0 Å². The Morgan fingerprint density at radius 1 is 1.40 bits per heavy atom. The molecule has 1 amide bonds. The standard InChI is InChI=1S/C10H13NO4/c1-4-15-10(14)7-8(12)5(2)6(3)11-9(7)13/h7H,4H2,1-3H3,(H,11,13). The van der Waals surface area contributed by atoms with Crippen molar-refractivity contribution in [3.63, 3.8) is 0 Å². The number of allylic oxidation sites excluding steroid dienone is 2. The van der Waals surface area contributed by atoms with Gasteiger partial charge in [0, 0.05) is 11.3 Å². The first-order valence-corrected chi connectivity index (χ1v) is 4.68. The molecule has 0 spiro atoms. The Bertz CT molecular complexity index is 356. The van der Waals surface area contributed by atoms with E-state index in [1.807, 2.05) is 0 Å². The quantitative estimate of drug-likeness (QED) is 0.521. The highest BCUT2D eigenvalue weighted by molar-refractivity contribution is 6.23. The molecular formula is C10H13NO4. The number of rotatable bonds is 2. The second kappa shape index (κ2) is 4.25. The lowest BCUT2D eigenvalue weighted by molar-refractivity contribution is -0.154. The topological polar surface area (TPSA) is 72.5 Å². The number of hydrogen-bond donors (Lipinski definition) is 1. The minimum absolute atomic E-state index is 0.150. The van der Waals surface area contributed by atoms with Crippen LogP contribution in [-0.4, -0.2) is 24.3 Å². The van der Waals surface area contributed by atoms with Crippen LogP contribution < -0.4 is 5.32 Å². The largest absolute Gasteiger partial charge is 0.465 e. The lowest BCUT2D eigenvalue weighted by Gasteiger charge is -2.21. The van der Waals surface area contributed by atoms with Gasteiger partial charge in [-0.2, -0.15) is 0 Å². The van der Waals surface area contributed by atoms with Crippen LogP contribution in [0.25, 0.3) is 0 Å². The minimum atomic E-state index is -1.34. The Kier molecular flexibility index (Phi) is 3.24. The zero-order valence-corrected chi connectivity index (χ0v) is 8.92. The van der Waals surface area contributed by atoms with E-state index in [4.69, 9.17) is 0 Å². The van der Waals surface area contributed by atoms with E-state index in [-0.39, 0.29) is 6.61 Å². The lowest BCUT2D eigenvalue weighted by atomic mass is 9.93. The summed E-state index contributed by atoms with van der Waals surface area (Å²) in [6, 6.07) is 0. The van der Waals surface area contributed by atoms with Crippen molar-refractivity contribution in [1.82, 2.24) is 5.32 Å². The van der Waals surface area contributed by atoms with Crippen molar-refractivity contribution in [3.8, 4) is 0 Å². The summed E-state index contributed by atoms with van der Waals surface area (Å²) in [6.07, 6.45) is 0. The van der Waals surface area contributed by atoms with Crippen LogP contribution in [0.3, 0.4) is 0 Å². The highest BCUT2D eigenvalue weighted by atomic mass is 16.5. The van der Waals surface area contributed by atoms with Gasteiger partial charge in [-0.25, -0.2) is 0 Å². The fourth-order valence-electron chi connectivity index (χ4n) is 1.31. The van der Waals surface area contributed by atoms with Crippen molar-refractivity contribution in [2.45, 2.75) is 20.8 Å². The number of ether oxygens (including phenoxy) is 1. The third-order valence-corrected chi connectivity index (χ3v) is 2.29. The van der Waals surface area contributed by atoms with Gasteiger partial charge in [0.1, 0.15) is 0 Å². The van der Waals surface area contributed by atoms with Crippen molar-refractivity contribution >= 4 is 17.7 Å². The number of carbonyl (C=O) groups is 3. The van der Waals surface area contributed by atoms with E-state index in [9.17, 15) is 14.4 Å². The molecule has 0 bridgehead atoms. The fourth-order valence-corrected chi connectivity index (χ4v) is 1.31. The average molecular weight is 211 g/mol. The molecule has 5 heteroatoms. The van der Waals surface area contributed by atoms with E-state index in [1.54, 1.807) is 20.8 Å². The van der Waals surface area contributed by atoms with Gasteiger partial charge in [-0.3, -0.25) is 14.4 Å².